The van der Waals surface area contributed by atoms with Gasteiger partial charge in [-0.05, 0) is 31.2 Å². The van der Waals surface area contributed by atoms with E-state index in [1.54, 1.807) is 31.2 Å². The highest BCUT2D eigenvalue weighted by atomic mass is 16.3. The molecule has 8 nitrogen and oxygen atoms in total. The van der Waals surface area contributed by atoms with Crippen molar-refractivity contribution in [1.29, 1.82) is 0 Å². The Bertz CT molecular complexity index is 1240. The molecule has 0 amide bonds. The number of hydrogen-bond acceptors (Lipinski definition) is 6. The van der Waals surface area contributed by atoms with E-state index in [1.165, 1.54) is 10.9 Å². The number of benzene rings is 2. The number of nitrogens with zero attached hydrogens (tertiary/aromatic N) is 5. The third kappa shape index (κ3) is 2.95. The van der Waals surface area contributed by atoms with Crippen LogP contribution in [0.15, 0.2) is 64.5 Å². The van der Waals surface area contributed by atoms with Crippen LogP contribution in [0.1, 0.15) is 17.1 Å². The first-order chi connectivity index (χ1) is 13.6. The average molecular weight is 375 g/mol. The van der Waals surface area contributed by atoms with Gasteiger partial charge in [0.2, 0.25) is 5.88 Å². The lowest BCUT2D eigenvalue weighted by Gasteiger charge is -2.06. The van der Waals surface area contributed by atoms with Gasteiger partial charge in [0.15, 0.2) is 5.82 Å². The van der Waals surface area contributed by atoms with Gasteiger partial charge in [-0.1, -0.05) is 30.3 Å². The van der Waals surface area contributed by atoms with E-state index in [-0.39, 0.29) is 11.7 Å². The maximum Gasteiger partial charge on any atom is 0.282 e. The quantitative estimate of drug-likeness (QED) is 0.531. The van der Waals surface area contributed by atoms with Gasteiger partial charge in [-0.25, -0.2) is 9.67 Å². The maximum absolute atomic E-state index is 12.7. The lowest BCUT2D eigenvalue weighted by molar-refractivity contribution is 0.265. The standard InChI is InChI=1S/C20H17N5O3/c1-13-16(20(28)24(23-13)14-7-3-2-4-8-14)11-21-25-18(12-26)22-17-10-6-5-9-15(17)19(25)27/h2-11,26,28H,12H2,1H3. The molecule has 2 heterocycles. The van der Waals surface area contributed by atoms with Crippen molar-refractivity contribution in [2.45, 2.75) is 13.5 Å². The van der Waals surface area contributed by atoms with Crippen molar-refractivity contribution < 1.29 is 10.2 Å². The molecule has 0 unspecified atom stereocenters. The Morgan fingerprint density at radius 3 is 2.57 bits per heavy atom. The minimum absolute atomic E-state index is 0.0974. The van der Waals surface area contributed by atoms with Gasteiger partial charge < -0.3 is 10.2 Å². The van der Waals surface area contributed by atoms with Crippen molar-refractivity contribution in [2.24, 2.45) is 5.10 Å². The summed E-state index contributed by atoms with van der Waals surface area (Å²) in [6.07, 6.45) is 1.34. The molecule has 0 fully saturated rings. The first kappa shape index (κ1) is 17.6. The number of aromatic hydroxyl groups is 1. The third-order valence-corrected chi connectivity index (χ3v) is 4.35. The predicted molar refractivity (Wildman–Crippen MR) is 105 cm³/mol. The molecule has 0 bridgehead atoms. The lowest BCUT2D eigenvalue weighted by Crippen LogP contribution is -2.22. The zero-order valence-electron chi connectivity index (χ0n) is 15.0. The second-order valence-electron chi connectivity index (χ2n) is 6.13. The molecule has 4 rings (SSSR count). The van der Waals surface area contributed by atoms with Crippen molar-refractivity contribution in [3.05, 3.63) is 82.0 Å². The highest BCUT2D eigenvalue weighted by molar-refractivity contribution is 5.84. The SMILES string of the molecule is Cc1nn(-c2ccccc2)c(O)c1C=Nn1c(CO)nc2ccccc2c1=O. The Morgan fingerprint density at radius 1 is 1.11 bits per heavy atom. The second kappa shape index (κ2) is 7.09. The average Bonchev–Trinajstić information content (AvgIpc) is 3.01. The van der Waals surface area contributed by atoms with E-state index in [9.17, 15) is 15.0 Å². The summed E-state index contributed by atoms with van der Waals surface area (Å²) >= 11 is 0. The number of rotatable bonds is 4. The Kier molecular flexibility index (Phi) is 4.46. The van der Waals surface area contributed by atoms with E-state index in [2.05, 4.69) is 15.2 Å². The molecule has 4 aromatic rings. The molecule has 0 aliphatic rings. The molecule has 0 atom stereocenters. The summed E-state index contributed by atoms with van der Waals surface area (Å²) in [5.74, 6) is 0.00680. The van der Waals surface area contributed by atoms with Gasteiger partial charge in [-0.2, -0.15) is 14.9 Å². The predicted octanol–water partition coefficient (Wildman–Crippen LogP) is 1.97. The van der Waals surface area contributed by atoms with Crippen molar-refractivity contribution >= 4 is 17.1 Å². The molecule has 2 N–H and O–H groups in total. The summed E-state index contributed by atoms with van der Waals surface area (Å²) in [5, 5.41) is 29.1. The molecule has 28 heavy (non-hydrogen) atoms. The summed E-state index contributed by atoms with van der Waals surface area (Å²) in [4.78, 5) is 17.0. The molecule has 0 saturated carbocycles. The first-order valence-corrected chi connectivity index (χ1v) is 8.60. The smallest absolute Gasteiger partial charge is 0.282 e. The maximum atomic E-state index is 12.7. The van der Waals surface area contributed by atoms with Crippen LogP contribution in [0.3, 0.4) is 0 Å². The van der Waals surface area contributed by atoms with E-state index in [0.29, 0.717) is 27.8 Å². The number of fused-ring (bicyclic) bond motifs is 1. The van der Waals surface area contributed by atoms with E-state index in [1.807, 2.05) is 30.3 Å². The monoisotopic (exact) mass is 375 g/mol. The number of aliphatic hydroxyl groups excluding tert-OH is 1. The molecular formula is C20H17N5O3. The van der Waals surface area contributed by atoms with Crippen LogP contribution >= 0.6 is 0 Å². The largest absolute Gasteiger partial charge is 0.493 e. The van der Waals surface area contributed by atoms with Gasteiger partial charge >= 0.3 is 0 Å². The van der Waals surface area contributed by atoms with Crippen LogP contribution in [-0.4, -0.2) is 35.9 Å². The molecule has 0 radical (unpaired) electrons. The zero-order chi connectivity index (χ0) is 19.7. The molecule has 140 valence electrons. The van der Waals surface area contributed by atoms with Gasteiger partial charge in [0, 0.05) is 0 Å². The Labute approximate surface area is 159 Å². The van der Waals surface area contributed by atoms with Crippen molar-refractivity contribution in [3.63, 3.8) is 0 Å². The fourth-order valence-electron chi connectivity index (χ4n) is 2.93. The van der Waals surface area contributed by atoms with Crippen LogP contribution in [0.4, 0.5) is 0 Å². The summed E-state index contributed by atoms with van der Waals surface area (Å²) in [6, 6.07) is 16.0. The van der Waals surface area contributed by atoms with E-state index in [0.717, 1.165) is 4.68 Å². The Morgan fingerprint density at radius 2 is 1.82 bits per heavy atom. The summed E-state index contributed by atoms with van der Waals surface area (Å²) < 4.78 is 2.42. The highest BCUT2D eigenvalue weighted by Crippen LogP contribution is 2.23. The summed E-state index contributed by atoms with van der Waals surface area (Å²) in [7, 11) is 0. The highest BCUT2D eigenvalue weighted by Gasteiger charge is 2.15. The third-order valence-electron chi connectivity index (χ3n) is 4.35. The van der Waals surface area contributed by atoms with Crippen molar-refractivity contribution in [1.82, 2.24) is 19.4 Å². The zero-order valence-corrected chi connectivity index (χ0v) is 15.0. The van der Waals surface area contributed by atoms with E-state index < -0.39 is 12.2 Å². The van der Waals surface area contributed by atoms with E-state index >= 15 is 0 Å². The molecule has 0 aliphatic heterocycles. The number of para-hydroxylation sites is 2. The lowest BCUT2D eigenvalue weighted by atomic mass is 10.2. The number of hydrogen-bond donors (Lipinski definition) is 2. The van der Waals surface area contributed by atoms with Crippen LogP contribution in [0.5, 0.6) is 5.88 Å². The Hall–Kier alpha value is -3.78. The molecule has 0 spiro atoms. The molecule has 2 aromatic carbocycles. The molecular weight excluding hydrogens is 358 g/mol. The van der Waals surface area contributed by atoms with Gasteiger partial charge in [0.25, 0.3) is 5.56 Å². The van der Waals surface area contributed by atoms with Gasteiger partial charge in [-0.3, -0.25) is 4.79 Å². The van der Waals surface area contributed by atoms with Crippen LogP contribution < -0.4 is 5.56 Å². The fraction of sp³-hybridized carbons (Fsp3) is 0.100. The topological polar surface area (TPSA) is 106 Å². The van der Waals surface area contributed by atoms with Crippen LogP contribution in [0.25, 0.3) is 16.6 Å². The minimum atomic E-state index is -0.453. The van der Waals surface area contributed by atoms with Crippen LogP contribution in [-0.2, 0) is 6.61 Å². The van der Waals surface area contributed by atoms with Crippen LogP contribution in [0, 0.1) is 6.92 Å². The number of aliphatic hydroxyl groups is 1. The van der Waals surface area contributed by atoms with Gasteiger partial charge in [-0.15, -0.1) is 0 Å². The van der Waals surface area contributed by atoms with Gasteiger partial charge in [0.1, 0.15) is 6.61 Å². The first-order valence-electron chi connectivity index (χ1n) is 8.60. The Balaban J connectivity index is 1.82. The fourth-order valence-corrected chi connectivity index (χ4v) is 2.93. The molecule has 2 aromatic heterocycles. The number of aryl methyl sites for hydroxylation is 1. The van der Waals surface area contributed by atoms with E-state index in [4.69, 9.17) is 0 Å². The molecule has 0 aliphatic carbocycles. The summed E-state index contributed by atoms with van der Waals surface area (Å²) in [5.41, 5.74) is 1.69. The minimum Gasteiger partial charge on any atom is -0.493 e. The normalized spacial score (nSPS) is 11.5. The van der Waals surface area contributed by atoms with Crippen LogP contribution in [0.2, 0.25) is 0 Å². The van der Waals surface area contributed by atoms with Crippen molar-refractivity contribution in [3.8, 4) is 11.6 Å². The molecule has 8 heteroatoms. The van der Waals surface area contributed by atoms with Crippen molar-refractivity contribution in [2.75, 3.05) is 0 Å². The summed E-state index contributed by atoms with van der Waals surface area (Å²) in [6.45, 7) is 1.28. The van der Waals surface area contributed by atoms with Gasteiger partial charge in [0.05, 0.1) is 34.1 Å². The number of aromatic nitrogens is 4. The second-order valence-corrected chi connectivity index (χ2v) is 6.13. The molecule has 0 saturated heterocycles.